The third kappa shape index (κ3) is 2.84. The Balaban J connectivity index is 2.04. The summed E-state index contributed by atoms with van der Waals surface area (Å²) in [4.78, 5) is 4.32. The topological polar surface area (TPSA) is 82.8 Å². The van der Waals surface area contributed by atoms with Crippen LogP contribution in [0.1, 0.15) is 19.7 Å². The number of rotatable bonds is 5. The Kier molecular flexibility index (Phi) is 3.90. The van der Waals surface area contributed by atoms with E-state index in [2.05, 4.69) is 29.1 Å². The molecule has 6 nitrogen and oxygen atoms in total. The molecule has 0 amide bonds. The zero-order chi connectivity index (χ0) is 13.1. The lowest BCUT2D eigenvalue weighted by molar-refractivity contribution is 0.425. The predicted molar refractivity (Wildman–Crippen MR) is 71.9 cm³/mol. The molecule has 0 aliphatic heterocycles. The summed E-state index contributed by atoms with van der Waals surface area (Å²) in [5.41, 5.74) is 6.54. The maximum Gasteiger partial charge on any atom is 0.263 e. The second kappa shape index (κ2) is 5.43. The molecule has 98 valence electrons. The van der Waals surface area contributed by atoms with Crippen molar-refractivity contribution in [2.75, 3.05) is 11.5 Å². The summed E-state index contributed by atoms with van der Waals surface area (Å²) in [7, 11) is 1.77. The van der Waals surface area contributed by atoms with Crippen LogP contribution in [0, 0.1) is 5.92 Å². The molecule has 0 saturated carbocycles. The van der Waals surface area contributed by atoms with E-state index in [0.717, 1.165) is 11.5 Å². The minimum absolute atomic E-state index is 0.431. The van der Waals surface area contributed by atoms with Gasteiger partial charge in [0.15, 0.2) is 5.82 Å². The Morgan fingerprint density at radius 2 is 2.28 bits per heavy atom. The molecule has 2 aromatic heterocycles. The molecule has 0 spiro atoms. The molecular formula is C11H17N5OS. The lowest BCUT2D eigenvalue weighted by Crippen LogP contribution is -1.98. The standard InChI is InChI=1S/C11H17N5OS/c1-7(2)5-18-6-9-14-11(17-15-9)8-4-13-16(3)10(8)12/h4,7H,5-6,12H2,1-3H3. The number of nitrogens with zero attached hydrogens (tertiary/aromatic N) is 4. The third-order valence-corrected chi connectivity index (χ3v) is 3.73. The Hall–Kier alpha value is -1.50. The molecular weight excluding hydrogens is 250 g/mol. The number of hydrogen-bond acceptors (Lipinski definition) is 6. The Bertz CT molecular complexity index is 519. The average Bonchev–Trinajstić information content (AvgIpc) is 2.88. The van der Waals surface area contributed by atoms with Gasteiger partial charge in [-0.25, -0.2) is 0 Å². The van der Waals surface area contributed by atoms with E-state index in [-0.39, 0.29) is 0 Å². The predicted octanol–water partition coefficient (Wildman–Crippen LogP) is 1.94. The van der Waals surface area contributed by atoms with E-state index in [1.54, 1.807) is 29.7 Å². The molecule has 0 atom stereocenters. The molecule has 0 fully saturated rings. The van der Waals surface area contributed by atoms with Gasteiger partial charge in [0, 0.05) is 7.05 Å². The van der Waals surface area contributed by atoms with Crippen molar-refractivity contribution in [1.82, 2.24) is 19.9 Å². The summed E-state index contributed by atoms with van der Waals surface area (Å²) >= 11 is 1.80. The molecule has 7 heteroatoms. The van der Waals surface area contributed by atoms with Crippen molar-refractivity contribution >= 4 is 17.6 Å². The Labute approximate surface area is 110 Å². The van der Waals surface area contributed by atoms with Crippen molar-refractivity contribution in [2.45, 2.75) is 19.6 Å². The van der Waals surface area contributed by atoms with Crippen molar-refractivity contribution in [3.05, 3.63) is 12.0 Å². The van der Waals surface area contributed by atoms with E-state index in [1.165, 1.54) is 0 Å². The molecule has 18 heavy (non-hydrogen) atoms. The van der Waals surface area contributed by atoms with Gasteiger partial charge in [0.1, 0.15) is 11.4 Å². The first-order valence-electron chi connectivity index (χ1n) is 5.76. The van der Waals surface area contributed by atoms with Gasteiger partial charge in [-0.3, -0.25) is 4.68 Å². The van der Waals surface area contributed by atoms with E-state index in [0.29, 0.717) is 29.0 Å². The maximum absolute atomic E-state index is 5.85. The molecule has 0 aromatic carbocycles. The maximum atomic E-state index is 5.85. The molecule has 2 heterocycles. The fourth-order valence-electron chi connectivity index (χ4n) is 1.42. The zero-order valence-corrected chi connectivity index (χ0v) is 11.6. The summed E-state index contributed by atoms with van der Waals surface area (Å²) in [5, 5.41) is 7.99. The van der Waals surface area contributed by atoms with Crippen LogP contribution < -0.4 is 5.73 Å². The highest BCUT2D eigenvalue weighted by molar-refractivity contribution is 7.98. The van der Waals surface area contributed by atoms with Crippen LogP contribution in [0.4, 0.5) is 5.82 Å². The number of aryl methyl sites for hydroxylation is 1. The molecule has 0 radical (unpaired) electrons. The number of hydrogen-bond donors (Lipinski definition) is 1. The number of nitrogen functional groups attached to an aromatic ring is 1. The van der Waals surface area contributed by atoms with Gasteiger partial charge in [0.2, 0.25) is 0 Å². The fourth-order valence-corrected chi connectivity index (χ4v) is 2.31. The van der Waals surface area contributed by atoms with Gasteiger partial charge < -0.3 is 10.3 Å². The summed E-state index contributed by atoms with van der Waals surface area (Å²) in [5.74, 6) is 4.15. The quantitative estimate of drug-likeness (QED) is 0.891. The molecule has 0 aliphatic rings. The Morgan fingerprint density at radius 3 is 2.89 bits per heavy atom. The minimum Gasteiger partial charge on any atom is -0.383 e. The van der Waals surface area contributed by atoms with E-state index in [9.17, 15) is 0 Å². The van der Waals surface area contributed by atoms with Crippen LogP contribution >= 0.6 is 11.8 Å². The van der Waals surface area contributed by atoms with Gasteiger partial charge in [-0.1, -0.05) is 19.0 Å². The van der Waals surface area contributed by atoms with Crippen LogP contribution in [0.15, 0.2) is 10.7 Å². The smallest absolute Gasteiger partial charge is 0.263 e. The first-order valence-corrected chi connectivity index (χ1v) is 6.91. The van der Waals surface area contributed by atoms with Gasteiger partial charge in [-0.05, 0) is 11.7 Å². The molecule has 2 aromatic rings. The molecule has 0 unspecified atom stereocenters. The molecule has 2 rings (SSSR count). The highest BCUT2D eigenvalue weighted by Gasteiger charge is 2.14. The second-order valence-electron chi connectivity index (χ2n) is 4.49. The highest BCUT2D eigenvalue weighted by Crippen LogP contribution is 2.24. The van der Waals surface area contributed by atoms with E-state index >= 15 is 0 Å². The summed E-state index contributed by atoms with van der Waals surface area (Å²) < 4.78 is 6.77. The summed E-state index contributed by atoms with van der Waals surface area (Å²) in [6.45, 7) is 4.37. The minimum atomic E-state index is 0.431. The average molecular weight is 267 g/mol. The van der Waals surface area contributed by atoms with Crippen LogP contribution in [-0.2, 0) is 12.8 Å². The molecule has 0 bridgehead atoms. The van der Waals surface area contributed by atoms with Crippen molar-refractivity contribution in [3.8, 4) is 11.5 Å². The van der Waals surface area contributed by atoms with Crippen molar-refractivity contribution in [3.63, 3.8) is 0 Å². The van der Waals surface area contributed by atoms with Crippen molar-refractivity contribution in [2.24, 2.45) is 13.0 Å². The normalized spacial score (nSPS) is 11.3. The molecule has 0 aliphatic carbocycles. The summed E-state index contributed by atoms with van der Waals surface area (Å²) in [6, 6.07) is 0. The monoisotopic (exact) mass is 267 g/mol. The van der Waals surface area contributed by atoms with Crippen LogP contribution in [0.2, 0.25) is 0 Å². The van der Waals surface area contributed by atoms with E-state index in [4.69, 9.17) is 10.3 Å². The molecule has 2 N–H and O–H groups in total. The van der Waals surface area contributed by atoms with Crippen LogP contribution in [-0.4, -0.2) is 25.7 Å². The van der Waals surface area contributed by atoms with Crippen LogP contribution in [0.25, 0.3) is 11.5 Å². The molecule has 0 saturated heterocycles. The number of thioether (sulfide) groups is 1. The summed E-state index contributed by atoms with van der Waals surface area (Å²) in [6.07, 6.45) is 1.63. The van der Waals surface area contributed by atoms with Crippen molar-refractivity contribution in [1.29, 1.82) is 0 Å². The first kappa shape index (κ1) is 12.9. The number of anilines is 1. The first-order chi connectivity index (χ1) is 8.58. The lowest BCUT2D eigenvalue weighted by atomic mass is 10.3. The second-order valence-corrected chi connectivity index (χ2v) is 5.52. The van der Waals surface area contributed by atoms with Crippen molar-refractivity contribution < 1.29 is 4.52 Å². The Morgan fingerprint density at radius 1 is 1.50 bits per heavy atom. The lowest BCUT2D eigenvalue weighted by Gasteiger charge is -2.00. The van der Waals surface area contributed by atoms with Gasteiger partial charge in [0.25, 0.3) is 5.89 Å². The fraction of sp³-hybridized carbons (Fsp3) is 0.545. The van der Waals surface area contributed by atoms with Gasteiger partial charge in [0.05, 0.1) is 11.9 Å². The third-order valence-electron chi connectivity index (χ3n) is 2.37. The number of nitrogens with two attached hydrogens (primary N) is 1. The highest BCUT2D eigenvalue weighted by atomic mass is 32.2. The van der Waals surface area contributed by atoms with Crippen LogP contribution in [0.5, 0.6) is 0 Å². The zero-order valence-electron chi connectivity index (χ0n) is 10.8. The van der Waals surface area contributed by atoms with Gasteiger partial charge in [-0.15, -0.1) is 0 Å². The van der Waals surface area contributed by atoms with E-state index < -0.39 is 0 Å². The van der Waals surface area contributed by atoms with Gasteiger partial charge in [-0.2, -0.15) is 21.8 Å². The number of aromatic nitrogens is 4. The SMILES string of the molecule is CC(C)CSCc1noc(-c2cnn(C)c2N)n1. The van der Waals surface area contributed by atoms with Crippen LogP contribution in [0.3, 0.4) is 0 Å². The van der Waals surface area contributed by atoms with E-state index in [1.807, 2.05) is 0 Å². The van der Waals surface area contributed by atoms with Gasteiger partial charge >= 0.3 is 0 Å². The largest absolute Gasteiger partial charge is 0.383 e.